The van der Waals surface area contributed by atoms with Gasteiger partial charge < -0.3 is 4.74 Å². The van der Waals surface area contributed by atoms with E-state index in [1.807, 2.05) is 0 Å². The van der Waals surface area contributed by atoms with E-state index in [4.69, 9.17) is 4.74 Å². The molecule has 4 fully saturated rings. The second kappa shape index (κ2) is 6.83. The first-order valence-corrected chi connectivity index (χ1v) is 13.4. The molecule has 32 heavy (non-hydrogen) atoms. The highest BCUT2D eigenvalue weighted by atomic mass is 16.6. The second-order valence-electron chi connectivity index (χ2n) is 14.0. The lowest BCUT2D eigenvalue weighted by molar-refractivity contribution is -0.145. The Labute approximate surface area is 196 Å². The topological polar surface area (TPSA) is 29.6 Å². The summed E-state index contributed by atoms with van der Waals surface area (Å²) < 4.78 is 5.81. The average molecular weight is 439 g/mol. The van der Waals surface area contributed by atoms with Gasteiger partial charge in [-0.15, -0.1) is 0 Å². The Kier molecular flexibility index (Phi) is 4.89. The van der Waals surface area contributed by atoms with E-state index in [0.29, 0.717) is 40.5 Å². The van der Waals surface area contributed by atoms with Crippen molar-refractivity contribution in [2.75, 3.05) is 0 Å². The van der Waals surface area contributed by atoms with Gasteiger partial charge in [0.2, 0.25) is 0 Å². The van der Waals surface area contributed by atoms with Gasteiger partial charge in [-0.25, -0.2) is 0 Å². The molecule has 4 aliphatic carbocycles. The minimum Gasteiger partial charge on any atom is -0.362 e. The van der Waals surface area contributed by atoms with Crippen molar-refractivity contribution in [3.63, 3.8) is 0 Å². The Morgan fingerprint density at radius 2 is 1.72 bits per heavy atom. The Hall–Kier alpha value is -0.890. The number of epoxide rings is 1. The van der Waals surface area contributed by atoms with Crippen molar-refractivity contribution in [1.29, 1.82) is 0 Å². The number of allylic oxidation sites excluding steroid dienone is 3. The van der Waals surface area contributed by atoms with E-state index >= 15 is 0 Å². The maximum atomic E-state index is 12.8. The molecule has 1 saturated heterocycles. The molecule has 0 unspecified atom stereocenters. The molecule has 5 aliphatic rings. The van der Waals surface area contributed by atoms with E-state index < -0.39 is 0 Å². The summed E-state index contributed by atoms with van der Waals surface area (Å²) in [6.07, 6.45) is 16.0. The average Bonchev–Trinajstić information content (AvgIpc) is 3.22. The van der Waals surface area contributed by atoms with Crippen LogP contribution in [0.2, 0.25) is 0 Å². The molecule has 2 heteroatoms. The smallest absolute Gasteiger partial charge is 0.138 e. The Morgan fingerprint density at radius 3 is 2.38 bits per heavy atom. The van der Waals surface area contributed by atoms with Crippen LogP contribution in [-0.4, -0.2) is 17.5 Å². The summed E-state index contributed by atoms with van der Waals surface area (Å²) in [5, 5.41) is 0. The molecule has 3 saturated carbocycles. The molecular weight excluding hydrogens is 392 g/mol. The lowest BCUT2D eigenvalue weighted by Gasteiger charge is -2.63. The number of Topliss-reactive ketones (excluding diaryl/α,β-unsaturated/α-hetero) is 1. The molecule has 8 atom stereocenters. The van der Waals surface area contributed by atoms with Gasteiger partial charge in [-0.3, -0.25) is 4.79 Å². The molecule has 178 valence electrons. The van der Waals surface area contributed by atoms with Crippen molar-refractivity contribution in [3.8, 4) is 0 Å². The summed E-state index contributed by atoms with van der Waals surface area (Å²) >= 11 is 0. The third kappa shape index (κ3) is 2.90. The molecular formula is C30H46O2. The van der Waals surface area contributed by atoms with Crippen molar-refractivity contribution in [2.24, 2.45) is 45.3 Å². The lowest BCUT2D eigenvalue weighted by atomic mass is 9.41. The maximum Gasteiger partial charge on any atom is 0.138 e. The first kappa shape index (κ1) is 22.9. The van der Waals surface area contributed by atoms with E-state index in [-0.39, 0.29) is 16.4 Å². The zero-order chi connectivity index (χ0) is 23.3. The predicted molar refractivity (Wildman–Crippen MR) is 131 cm³/mol. The molecule has 0 N–H and O–H groups in total. The van der Waals surface area contributed by atoms with Crippen molar-refractivity contribution in [2.45, 2.75) is 112 Å². The molecule has 0 aromatic carbocycles. The van der Waals surface area contributed by atoms with Gasteiger partial charge in [-0.1, -0.05) is 65.3 Å². The summed E-state index contributed by atoms with van der Waals surface area (Å²) in [7, 11) is 0. The van der Waals surface area contributed by atoms with E-state index in [2.05, 4.69) is 73.6 Å². The van der Waals surface area contributed by atoms with Crippen LogP contribution >= 0.6 is 0 Å². The van der Waals surface area contributed by atoms with Crippen LogP contribution in [0.3, 0.4) is 0 Å². The van der Waals surface area contributed by atoms with E-state index in [1.54, 1.807) is 5.57 Å². The van der Waals surface area contributed by atoms with Crippen LogP contribution in [0.5, 0.6) is 0 Å². The number of carbonyl (C=O) groups excluding carboxylic acids is 1. The minimum atomic E-state index is -0.174. The largest absolute Gasteiger partial charge is 0.362 e. The summed E-state index contributed by atoms with van der Waals surface area (Å²) in [6, 6.07) is 0. The van der Waals surface area contributed by atoms with Gasteiger partial charge in [0, 0.05) is 11.8 Å². The highest BCUT2D eigenvalue weighted by Gasteiger charge is 2.65. The quantitative estimate of drug-likeness (QED) is 0.337. The molecule has 0 amide bonds. The van der Waals surface area contributed by atoms with Crippen LogP contribution in [0.4, 0.5) is 0 Å². The zero-order valence-corrected chi connectivity index (χ0v) is 21.9. The molecule has 0 aromatic rings. The van der Waals surface area contributed by atoms with Crippen molar-refractivity contribution < 1.29 is 9.53 Å². The number of ether oxygens (including phenoxy) is 1. The van der Waals surface area contributed by atoms with Gasteiger partial charge in [0.25, 0.3) is 0 Å². The molecule has 0 bridgehead atoms. The summed E-state index contributed by atoms with van der Waals surface area (Å²) in [5.74, 6) is 2.99. The lowest BCUT2D eigenvalue weighted by Crippen LogP contribution is -2.57. The van der Waals surface area contributed by atoms with Gasteiger partial charge >= 0.3 is 0 Å². The highest BCUT2D eigenvalue weighted by Crippen LogP contribution is 2.73. The number of hydrogen-bond donors (Lipinski definition) is 0. The highest BCUT2D eigenvalue weighted by molar-refractivity contribution is 5.85. The first-order valence-electron chi connectivity index (χ1n) is 13.4. The normalized spacial score (nSPS) is 49.8. The summed E-state index contributed by atoms with van der Waals surface area (Å²) in [4.78, 5) is 12.8. The van der Waals surface area contributed by atoms with E-state index in [1.165, 1.54) is 25.7 Å². The molecule has 0 radical (unpaired) electrons. The maximum absolute atomic E-state index is 12.8. The number of hydrogen-bond acceptors (Lipinski definition) is 2. The van der Waals surface area contributed by atoms with Gasteiger partial charge in [0.1, 0.15) is 11.9 Å². The minimum absolute atomic E-state index is 0.0381. The fraction of sp³-hybridized carbons (Fsp3) is 0.833. The SMILES string of the molecule is C[C@H](/C=C/[C@@H]1OC1(C)C)[C@@H]1CC[C@]2(C)C3=CC[C@H]4C(C)(C)C(=O)CC[C@]4(C)[C@H]3CC[C@@]12C. The van der Waals surface area contributed by atoms with Crippen LogP contribution in [-0.2, 0) is 9.53 Å². The van der Waals surface area contributed by atoms with Crippen LogP contribution in [0.15, 0.2) is 23.8 Å². The van der Waals surface area contributed by atoms with Crippen LogP contribution in [0.25, 0.3) is 0 Å². The van der Waals surface area contributed by atoms with Crippen LogP contribution in [0, 0.1) is 45.3 Å². The summed E-state index contributed by atoms with van der Waals surface area (Å²) in [5.41, 5.74) is 2.59. The fourth-order valence-corrected chi connectivity index (χ4v) is 9.37. The molecule has 1 heterocycles. The molecule has 1 aliphatic heterocycles. The van der Waals surface area contributed by atoms with Crippen molar-refractivity contribution >= 4 is 5.78 Å². The number of rotatable bonds is 3. The molecule has 5 rings (SSSR count). The fourth-order valence-electron chi connectivity index (χ4n) is 9.37. The van der Waals surface area contributed by atoms with Gasteiger partial charge in [-0.2, -0.15) is 0 Å². The zero-order valence-electron chi connectivity index (χ0n) is 21.9. The van der Waals surface area contributed by atoms with Gasteiger partial charge in [0.15, 0.2) is 0 Å². The monoisotopic (exact) mass is 438 g/mol. The first-order chi connectivity index (χ1) is 14.8. The van der Waals surface area contributed by atoms with E-state index in [9.17, 15) is 4.79 Å². The molecule has 0 spiro atoms. The van der Waals surface area contributed by atoms with Crippen LogP contribution in [0.1, 0.15) is 100 Å². The molecule has 0 aromatic heterocycles. The molecule has 2 nitrogen and oxygen atoms in total. The van der Waals surface area contributed by atoms with E-state index in [0.717, 1.165) is 25.2 Å². The number of ketones is 1. The number of fused-ring (bicyclic) bond motifs is 5. The predicted octanol–water partition coefficient (Wildman–Crippen LogP) is 7.53. The van der Waals surface area contributed by atoms with Crippen molar-refractivity contribution in [3.05, 3.63) is 23.8 Å². The van der Waals surface area contributed by atoms with Gasteiger partial charge in [-0.05, 0) is 92.3 Å². The summed E-state index contributed by atoms with van der Waals surface area (Å²) in [6.45, 7) is 19.1. The van der Waals surface area contributed by atoms with Crippen LogP contribution < -0.4 is 0 Å². The second-order valence-corrected chi connectivity index (χ2v) is 14.0. The van der Waals surface area contributed by atoms with Gasteiger partial charge in [0.05, 0.1) is 5.60 Å². The Bertz CT molecular complexity index is 877. The Morgan fingerprint density at radius 1 is 1.03 bits per heavy atom. The third-order valence-corrected chi connectivity index (χ3v) is 11.9. The Balaban J connectivity index is 1.44. The van der Waals surface area contributed by atoms with Crippen molar-refractivity contribution in [1.82, 2.24) is 0 Å². The number of carbonyl (C=O) groups is 1. The third-order valence-electron chi connectivity index (χ3n) is 11.9. The standard InChI is InChI=1S/C30H46O2/c1-19(9-12-25-27(4,5)32-25)20-13-17-30(8)22-10-11-23-26(2,3)24(31)15-16-28(23,6)21(22)14-18-29(20,30)7/h9-10,12,19-21,23,25H,11,13-18H2,1-8H3/b12-9+/t19-,20+,21+,23+,25+,28-,29+,30-/m1/s1.